The van der Waals surface area contributed by atoms with Gasteiger partial charge in [0.05, 0.1) is 17.1 Å². The average molecular weight is 485 g/mol. The largest absolute Gasteiger partial charge is 0.493 e. The second kappa shape index (κ2) is 10.9. The van der Waals surface area contributed by atoms with Crippen molar-refractivity contribution < 1.29 is 17.9 Å². The van der Waals surface area contributed by atoms with E-state index >= 15 is 0 Å². The van der Waals surface area contributed by atoms with Gasteiger partial charge in [-0.2, -0.15) is 0 Å². The van der Waals surface area contributed by atoms with E-state index in [1.807, 2.05) is 6.07 Å². The van der Waals surface area contributed by atoms with E-state index in [-0.39, 0.29) is 10.8 Å². The molecule has 0 radical (unpaired) electrons. The zero-order chi connectivity index (χ0) is 24.0. The van der Waals surface area contributed by atoms with E-state index in [0.717, 1.165) is 11.2 Å². The lowest BCUT2D eigenvalue weighted by Gasteiger charge is -2.19. The molecule has 0 aliphatic rings. The first kappa shape index (κ1) is 24.8. The van der Waals surface area contributed by atoms with Gasteiger partial charge in [0.15, 0.2) is 9.84 Å². The lowest BCUT2D eigenvalue weighted by Crippen LogP contribution is -2.29. The molecule has 3 aromatic rings. The Balaban J connectivity index is 1.59. The van der Waals surface area contributed by atoms with Crippen LogP contribution in [0.3, 0.4) is 0 Å². The lowest BCUT2D eigenvalue weighted by atomic mass is 10.1. The molecule has 3 rings (SSSR count). The van der Waals surface area contributed by atoms with Crippen LogP contribution in [0.15, 0.2) is 75.6 Å². The highest BCUT2D eigenvalue weighted by atomic mass is 32.2. The van der Waals surface area contributed by atoms with Crippen molar-refractivity contribution in [2.45, 2.75) is 35.1 Å². The number of carbonyl (C=O) groups is 1. The number of hydrogen-bond donors (Lipinski definition) is 0. The van der Waals surface area contributed by atoms with Crippen molar-refractivity contribution in [2.75, 3.05) is 26.5 Å². The zero-order valence-corrected chi connectivity index (χ0v) is 20.9. The van der Waals surface area contributed by atoms with Gasteiger partial charge >= 0.3 is 0 Å². The minimum Gasteiger partial charge on any atom is -0.493 e. The molecule has 0 unspecified atom stereocenters. The predicted molar refractivity (Wildman–Crippen MR) is 131 cm³/mol. The van der Waals surface area contributed by atoms with Crippen LogP contribution in [-0.2, 0) is 9.84 Å². The number of hydrogen-bond acceptors (Lipinski definition) is 6. The number of aromatic nitrogens is 1. The molecule has 33 heavy (non-hydrogen) atoms. The van der Waals surface area contributed by atoms with E-state index in [1.54, 1.807) is 42.4 Å². The van der Waals surface area contributed by atoms with Crippen molar-refractivity contribution in [3.05, 3.63) is 77.5 Å². The summed E-state index contributed by atoms with van der Waals surface area (Å²) in [7, 11) is -1.53. The smallest absolute Gasteiger partial charge is 0.256 e. The summed E-state index contributed by atoms with van der Waals surface area (Å²) in [6, 6.07) is 16.2. The molecule has 0 spiro atoms. The summed E-state index contributed by atoms with van der Waals surface area (Å²) in [6.45, 7) is 4.99. The second-order valence-corrected chi connectivity index (χ2v) is 11.0. The zero-order valence-electron chi connectivity index (χ0n) is 19.2. The van der Waals surface area contributed by atoms with Crippen LogP contribution in [0, 0.1) is 13.8 Å². The van der Waals surface area contributed by atoms with Crippen LogP contribution in [-0.4, -0.2) is 50.7 Å². The Morgan fingerprint density at radius 3 is 2.58 bits per heavy atom. The minimum absolute atomic E-state index is 0.103. The highest BCUT2D eigenvalue weighted by Crippen LogP contribution is 2.30. The Morgan fingerprint density at radius 1 is 1.06 bits per heavy atom. The molecule has 1 amide bonds. The number of benzene rings is 2. The molecule has 0 saturated carbocycles. The van der Waals surface area contributed by atoms with Crippen molar-refractivity contribution in [1.82, 2.24) is 9.88 Å². The Bertz CT molecular complexity index is 1240. The van der Waals surface area contributed by atoms with Crippen molar-refractivity contribution in [1.29, 1.82) is 0 Å². The fourth-order valence-electron chi connectivity index (χ4n) is 3.12. The summed E-state index contributed by atoms with van der Waals surface area (Å²) in [5, 5.41) is 0.673. The monoisotopic (exact) mass is 484 g/mol. The van der Waals surface area contributed by atoms with E-state index in [9.17, 15) is 13.2 Å². The van der Waals surface area contributed by atoms with Crippen molar-refractivity contribution in [3.8, 4) is 5.75 Å². The van der Waals surface area contributed by atoms with Gasteiger partial charge in [-0.25, -0.2) is 13.4 Å². The van der Waals surface area contributed by atoms with Gasteiger partial charge in [0.25, 0.3) is 5.91 Å². The second-order valence-electron chi connectivity index (χ2n) is 7.88. The predicted octanol–water partition coefficient (Wildman–Crippen LogP) is 4.79. The molecule has 0 N–H and O–H groups in total. The van der Waals surface area contributed by atoms with E-state index in [1.165, 1.54) is 35.0 Å². The first-order valence-corrected chi connectivity index (χ1v) is 13.2. The summed E-state index contributed by atoms with van der Waals surface area (Å²) >= 11 is 1.48. The Kier molecular flexibility index (Phi) is 8.15. The Hall–Kier alpha value is -2.84. The van der Waals surface area contributed by atoms with Gasteiger partial charge in [0.2, 0.25) is 0 Å². The molecule has 6 nitrogen and oxygen atoms in total. The van der Waals surface area contributed by atoms with E-state index in [2.05, 4.69) is 31.0 Å². The molecule has 1 aromatic heterocycles. The van der Waals surface area contributed by atoms with Crippen molar-refractivity contribution in [3.63, 3.8) is 0 Å². The first-order chi connectivity index (χ1) is 15.6. The summed E-state index contributed by atoms with van der Waals surface area (Å²) < 4.78 is 29.0. The molecular formula is C25H28N2O4S2. The van der Waals surface area contributed by atoms with E-state index < -0.39 is 9.84 Å². The number of ether oxygens (including phenoxy) is 1. The van der Waals surface area contributed by atoms with Crippen LogP contribution in [0.1, 0.15) is 27.9 Å². The number of carbonyl (C=O) groups excluding carboxylic acids is 1. The fourth-order valence-corrected chi connectivity index (χ4v) is 4.75. The molecule has 0 aliphatic carbocycles. The standard InChI is InChI=1S/C25H28N2O4S2/c1-18-11-12-21(16-19(18)2)32-24-23(10-6-13-26-24)25(28)27(3)14-7-15-31-20-8-5-9-22(17-20)33(4,29)30/h5-6,8-13,16-17H,7,14-15H2,1-4H3. The number of rotatable bonds is 9. The van der Waals surface area contributed by atoms with Crippen LogP contribution in [0.2, 0.25) is 0 Å². The SMILES string of the molecule is Cc1ccc(Sc2ncccc2C(=O)N(C)CCCOc2cccc(S(C)(=O)=O)c2)cc1C. The maximum atomic E-state index is 13.1. The molecule has 0 atom stereocenters. The van der Waals surface area contributed by atoms with Crippen LogP contribution < -0.4 is 4.74 Å². The van der Waals surface area contributed by atoms with Crippen LogP contribution in [0.4, 0.5) is 0 Å². The maximum Gasteiger partial charge on any atom is 0.256 e. The van der Waals surface area contributed by atoms with Gasteiger partial charge in [0, 0.05) is 30.9 Å². The van der Waals surface area contributed by atoms with E-state index in [4.69, 9.17) is 4.74 Å². The van der Waals surface area contributed by atoms with Crippen molar-refractivity contribution in [2.24, 2.45) is 0 Å². The maximum absolute atomic E-state index is 13.1. The molecule has 0 saturated heterocycles. The Labute approximate surface area is 199 Å². The molecule has 8 heteroatoms. The number of pyridine rings is 1. The summed E-state index contributed by atoms with van der Waals surface area (Å²) in [6.07, 6.45) is 3.46. The minimum atomic E-state index is -3.28. The summed E-state index contributed by atoms with van der Waals surface area (Å²) in [5.74, 6) is 0.389. The van der Waals surface area contributed by atoms with Gasteiger partial charge < -0.3 is 9.64 Å². The third kappa shape index (κ3) is 6.82. The highest BCUT2D eigenvalue weighted by Gasteiger charge is 2.17. The molecule has 0 fully saturated rings. The topological polar surface area (TPSA) is 76.6 Å². The van der Waals surface area contributed by atoms with Crippen LogP contribution in [0.25, 0.3) is 0 Å². The first-order valence-electron chi connectivity index (χ1n) is 10.5. The molecule has 0 aliphatic heterocycles. The number of amides is 1. The quantitative estimate of drug-likeness (QED) is 0.406. The van der Waals surface area contributed by atoms with Gasteiger partial charge in [-0.05, 0) is 73.9 Å². The number of aryl methyl sites for hydroxylation is 2. The lowest BCUT2D eigenvalue weighted by molar-refractivity contribution is 0.0783. The number of nitrogens with zero attached hydrogens (tertiary/aromatic N) is 2. The van der Waals surface area contributed by atoms with Crippen LogP contribution in [0.5, 0.6) is 5.75 Å². The average Bonchev–Trinajstić information content (AvgIpc) is 2.78. The molecule has 0 bridgehead atoms. The fraction of sp³-hybridized carbons (Fsp3) is 0.280. The number of sulfone groups is 1. The molecule has 174 valence electrons. The third-order valence-electron chi connectivity index (χ3n) is 5.18. The highest BCUT2D eigenvalue weighted by molar-refractivity contribution is 7.99. The molecule has 2 aromatic carbocycles. The van der Waals surface area contributed by atoms with Gasteiger partial charge in [-0.1, -0.05) is 23.9 Å². The van der Waals surface area contributed by atoms with Crippen LogP contribution >= 0.6 is 11.8 Å². The summed E-state index contributed by atoms with van der Waals surface area (Å²) in [5.41, 5.74) is 2.98. The van der Waals surface area contributed by atoms with E-state index in [0.29, 0.717) is 35.9 Å². The van der Waals surface area contributed by atoms with Gasteiger partial charge in [-0.15, -0.1) is 0 Å². The van der Waals surface area contributed by atoms with Gasteiger partial charge in [-0.3, -0.25) is 4.79 Å². The molecule has 1 heterocycles. The summed E-state index contributed by atoms with van der Waals surface area (Å²) in [4.78, 5) is 20.4. The third-order valence-corrected chi connectivity index (χ3v) is 7.30. The molecular weight excluding hydrogens is 456 g/mol. The normalized spacial score (nSPS) is 11.3. The Morgan fingerprint density at radius 2 is 1.85 bits per heavy atom. The van der Waals surface area contributed by atoms with Crippen molar-refractivity contribution >= 4 is 27.5 Å². The van der Waals surface area contributed by atoms with Gasteiger partial charge in [0.1, 0.15) is 10.8 Å².